The molecule has 1 saturated carbocycles. The second kappa shape index (κ2) is 8.46. The third-order valence-electron chi connectivity index (χ3n) is 4.97. The van der Waals surface area contributed by atoms with Gasteiger partial charge in [-0.2, -0.15) is 0 Å². The van der Waals surface area contributed by atoms with E-state index in [-0.39, 0.29) is 16.8 Å². The third-order valence-corrected chi connectivity index (χ3v) is 6.39. The minimum absolute atomic E-state index is 0.0207. The van der Waals surface area contributed by atoms with Crippen LogP contribution in [-0.2, 0) is 19.5 Å². The van der Waals surface area contributed by atoms with Gasteiger partial charge in [0.05, 0.1) is 31.5 Å². The molecule has 0 atom stereocenters. The zero-order valence-electron chi connectivity index (χ0n) is 17.3. The van der Waals surface area contributed by atoms with Crippen molar-refractivity contribution in [2.75, 3.05) is 18.9 Å². The van der Waals surface area contributed by atoms with E-state index < -0.39 is 26.9 Å². The van der Waals surface area contributed by atoms with E-state index in [2.05, 4.69) is 19.2 Å². The number of ether oxygens (including phenoxy) is 2. The van der Waals surface area contributed by atoms with Gasteiger partial charge in [-0.3, -0.25) is 4.72 Å². The van der Waals surface area contributed by atoms with Crippen LogP contribution in [0.2, 0.25) is 0 Å². The molecule has 0 spiro atoms. The van der Waals surface area contributed by atoms with E-state index in [1.54, 1.807) is 30.5 Å². The Morgan fingerprint density at radius 1 is 1.03 bits per heavy atom. The zero-order chi connectivity index (χ0) is 22.9. The predicted octanol–water partition coefficient (Wildman–Crippen LogP) is 3.59. The molecule has 0 aliphatic heterocycles. The number of nitrogens with one attached hydrogen (secondary N) is 1. The Balaban J connectivity index is 1.61. The normalized spacial score (nSPS) is 13.4. The van der Waals surface area contributed by atoms with Crippen LogP contribution >= 0.6 is 0 Å². The van der Waals surface area contributed by atoms with Crippen LogP contribution in [0.1, 0.15) is 45.4 Å². The van der Waals surface area contributed by atoms with Crippen molar-refractivity contribution in [3.63, 3.8) is 0 Å². The summed E-state index contributed by atoms with van der Waals surface area (Å²) in [6, 6.07) is 10.1. The summed E-state index contributed by atoms with van der Waals surface area (Å²) in [5, 5.41) is 0. The third kappa shape index (κ3) is 4.35. The lowest BCUT2D eigenvalue weighted by Crippen LogP contribution is -2.18. The number of oxazole rings is 1. The van der Waals surface area contributed by atoms with Gasteiger partial charge >= 0.3 is 11.9 Å². The van der Waals surface area contributed by atoms with E-state index in [1.807, 2.05) is 0 Å². The van der Waals surface area contributed by atoms with Crippen molar-refractivity contribution in [2.24, 2.45) is 0 Å². The number of hydrogen-bond donors (Lipinski definition) is 1. The second-order valence-corrected chi connectivity index (χ2v) is 8.86. The summed E-state index contributed by atoms with van der Waals surface area (Å²) in [5.41, 5.74) is 0.774. The molecular weight excluding hydrogens is 436 g/mol. The molecule has 9 nitrogen and oxygen atoms in total. The van der Waals surface area contributed by atoms with Crippen molar-refractivity contribution in [3.05, 3.63) is 65.7 Å². The molecule has 0 radical (unpaired) electrons. The number of esters is 2. The summed E-state index contributed by atoms with van der Waals surface area (Å²) >= 11 is 0. The van der Waals surface area contributed by atoms with Gasteiger partial charge in [0, 0.05) is 17.2 Å². The lowest BCUT2D eigenvalue weighted by Gasteiger charge is -2.13. The number of nitrogens with zero attached hydrogens (tertiary/aromatic N) is 1. The highest BCUT2D eigenvalue weighted by atomic mass is 32.2. The maximum Gasteiger partial charge on any atom is 0.339 e. The van der Waals surface area contributed by atoms with Crippen molar-refractivity contribution in [1.29, 1.82) is 0 Å². The molecule has 1 aliphatic rings. The van der Waals surface area contributed by atoms with E-state index in [0.717, 1.165) is 31.6 Å². The van der Waals surface area contributed by atoms with Crippen LogP contribution in [0.5, 0.6) is 0 Å². The molecule has 166 valence electrons. The molecule has 3 aromatic rings. The minimum atomic E-state index is -4.23. The Morgan fingerprint density at radius 2 is 1.72 bits per heavy atom. The first-order valence-electron chi connectivity index (χ1n) is 9.72. The van der Waals surface area contributed by atoms with Gasteiger partial charge in [0.15, 0.2) is 11.7 Å². The van der Waals surface area contributed by atoms with Crippen LogP contribution in [0.15, 0.2) is 58.0 Å². The van der Waals surface area contributed by atoms with Crippen LogP contribution in [0.4, 0.5) is 5.69 Å². The Hall–Kier alpha value is -3.66. The van der Waals surface area contributed by atoms with E-state index in [9.17, 15) is 18.0 Å². The van der Waals surface area contributed by atoms with Gasteiger partial charge < -0.3 is 13.9 Å². The molecule has 1 aromatic heterocycles. The first-order chi connectivity index (χ1) is 15.3. The maximum absolute atomic E-state index is 13.0. The summed E-state index contributed by atoms with van der Waals surface area (Å²) < 4.78 is 43.6. The van der Waals surface area contributed by atoms with E-state index in [4.69, 9.17) is 4.42 Å². The van der Waals surface area contributed by atoms with E-state index in [1.165, 1.54) is 19.2 Å². The van der Waals surface area contributed by atoms with Gasteiger partial charge in [0.2, 0.25) is 0 Å². The zero-order valence-corrected chi connectivity index (χ0v) is 18.1. The number of aromatic nitrogens is 1. The fourth-order valence-electron chi connectivity index (χ4n) is 3.12. The van der Waals surface area contributed by atoms with Crippen LogP contribution in [0, 0.1) is 0 Å². The van der Waals surface area contributed by atoms with Gasteiger partial charge in [0.1, 0.15) is 4.90 Å². The SMILES string of the molecule is COC(=O)c1ccc(C(=O)OC)c(S(=O)(=O)Nc2ccc(-c3cnc(C4CC4)o3)cc2)c1. The number of methoxy groups -OCH3 is 2. The van der Waals surface area contributed by atoms with E-state index >= 15 is 0 Å². The van der Waals surface area contributed by atoms with Crippen molar-refractivity contribution < 1.29 is 31.9 Å². The number of hydrogen-bond acceptors (Lipinski definition) is 8. The van der Waals surface area contributed by atoms with Crippen molar-refractivity contribution in [2.45, 2.75) is 23.7 Å². The Morgan fingerprint density at radius 3 is 2.34 bits per heavy atom. The quantitative estimate of drug-likeness (QED) is 0.535. The highest BCUT2D eigenvalue weighted by molar-refractivity contribution is 7.92. The highest BCUT2D eigenvalue weighted by Gasteiger charge is 2.29. The fraction of sp³-hybridized carbons (Fsp3) is 0.227. The molecule has 2 aromatic carbocycles. The molecule has 0 amide bonds. The molecule has 0 unspecified atom stereocenters. The number of rotatable bonds is 7. The smallest absolute Gasteiger partial charge is 0.339 e. The molecule has 0 saturated heterocycles. The monoisotopic (exact) mass is 456 g/mol. The number of sulfonamides is 1. The predicted molar refractivity (Wildman–Crippen MR) is 114 cm³/mol. The van der Waals surface area contributed by atoms with Gasteiger partial charge in [-0.15, -0.1) is 0 Å². The lowest BCUT2D eigenvalue weighted by atomic mass is 10.1. The second-order valence-electron chi connectivity index (χ2n) is 7.21. The first kappa shape index (κ1) is 21.6. The highest BCUT2D eigenvalue weighted by Crippen LogP contribution is 2.40. The van der Waals surface area contributed by atoms with Crippen molar-refractivity contribution >= 4 is 27.6 Å². The average Bonchev–Trinajstić information content (AvgIpc) is 3.54. The molecule has 10 heteroatoms. The molecule has 1 heterocycles. The molecule has 32 heavy (non-hydrogen) atoms. The molecular formula is C22H20N2O7S. The summed E-state index contributed by atoms with van der Waals surface area (Å²) in [6.07, 6.45) is 3.80. The van der Waals surface area contributed by atoms with Crippen molar-refractivity contribution in [1.82, 2.24) is 4.98 Å². The molecule has 1 aliphatic carbocycles. The van der Waals surface area contributed by atoms with Crippen molar-refractivity contribution in [3.8, 4) is 11.3 Å². The van der Waals surface area contributed by atoms with Crippen LogP contribution in [-0.4, -0.2) is 39.6 Å². The summed E-state index contributed by atoms with van der Waals surface area (Å²) in [7, 11) is -1.92. The van der Waals surface area contributed by atoms with E-state index in [0.29, 0.717) is 17.6 Å². The van der Waals surface area contributed by atoms with Crippen LogP contribution in [0.3, 0.4) is 0 Å². The first-order valence-corrected chi connectivity index (χ1v) is 11.2. The number of carbonyl (C=O) groups excluding carboxylic acids is 2. The Bertz CT molecular complexity index is 1280. The Labute approximate surface area is 184 Å². The maximum atomic E-state index is 13.0. The average molecular weight is 456 g/mol. The summed E-state index contributed by atoms with van der Waals surface area (Å²) in [4.78, 5) is 27.8. The van der Waals surface area contributed by atoms with Crippen LogP contribution in [0.25, 0.3) is 11.3 Å². The van der Waals surface area contributed by atoms with Gasteiger partial charge in [0.25, 0.3) is 10.0 Å². The molecule has 0 bridgehead atoms. The molecule has 4 rings (SSSR count). The molecule has 1 N–H and O–H groups in total. The number of anilines is 1. The Kier molecular flexibility index (Phi) is 5.70. The number of carbonyl (C=O) groups is 2. The number of benzene rings is 2. The van der Waals surface area contributed by atoms with Gasteiger partial charge in [-0.25, -0.2) is 23.0 Å². The minimum Gasteiger partial charge on any atom is -0.465 e. The van der Waals surface area contributed by atoms with Gasteiger partial charge in [-0.05, 0) is 55.3 Å². The summed E-state index contributed by atoms with van der Waals surface area (Å²) in [5.74, 6) is 0.110. The van der Waals surface area contributed by atoms with Gasteiger partial charge in [-0.1, -0.05) is 0 Å². The largest absolute Gasteiger partial charge is 0.465 e. The summed E-state index contributed by atoms with van der Waals surface area (Å²) in [6.45, 7) is 0. The lowest BCUT2D eigenvalue weighted by molar-refractivity contribution is 0.0583. The molecule has 1 fully saturated rings. The topological polar surface area (TPSA) is 125 Å². The standard InChI is InChI=1S/C22H20N2O7S/c1-29-21(25)15-7-10-17(22(26)30-2)19(11-15)32(27,28)24-16-8-5-13(6-9-16)18-12-23-20(31-18)14-3-4-14/h5-12,14,24H,3-4H2,1-2H3. The fourth-order valence-corrected chi connectivity index (χ4v) is 4.40. The van der Waals surface area contributed by atoms with Crippen LogP contribution < -0.4 is 4.72 Å².